The van der Waals surface area contributed by atoms with Gasteiger partial charge < -0.3 is 10.6 Å². The summed E-state index contributed by atoms with van der Waals surface area (Å²) in [4.78, 5) is 12.1. The van der Waals surface area contributed by atoms with E-state index in [-0.39, 0.29) is 16.8 Å². The highest BCUT2D eigenvalue weighted by molar-refractivity contribution is 7.89. The van der Waals surface area contributed by atoms with Crippen LogP contribution in [-0.2, 0) is 14.8 Å². The van der Waals surface area contributed by atoms with Crippen LogP contribution in [0.2, 0.25) is 0 Å². The number of carbonyl (C=O) groups excluding carboxylic acids is 1. The smallest absolute Gasteiger partial charge is 0.242 e. The molecule has 1 fully saturated rings. The normalized spacial score (nSPS) is 19.3. The number of para-hydroxylation sites is 1. The molecule has 1 unspecified atom stereocenters. The van der Waals surface area contributed by atoms with E-state index in [9.17, 15) is 13.2 Å². The minimum Gasteiger partial charge on any atom is -0.324 e. The first-order valence-electron chi connectivity index (χ1n) is 6.11. The predicted molar refractivity (Wildman–Crippen MR) is 72.3 cm³/mol. The van der Waals surface area contributed by atoms with Gasteiger partial charge in [0, 0.05) is 0 Å². The maximum atomic E-state index is 12.0. The molecule has 2 rings (SSSR count). The van der Waals surface area contributed by atoms with Crippen molar-refractivity contribution in [2.24, 2.45) is 0 Å². The zero-order chi connectivity index (χ0) is 13.9. The molecular formula is C12H17N3O3S. The lowest BCUT2D eigenvalue weighted by atomic mass is 10.2. The second kappa shape index (κ2) is 5.68. The molecular weight excluding hydrogens is 266 g/mol. The molecule has 6 nitrogen and oxygen atoms in total. The van der Waals surface area contributed by atoms with E-state index in [1.54, 1.807) is 18.2 Å². The van der Waals surface area contributed by atoms with Crippen LogP contribution in [0.5, 0.6) is 0 Å². The summed E-state index contributed by atoms with van der Waals surface area (Å²) in [6, 6.07) is 6.10. The summed E-state index contributed by atoms with van der Waals surface area (Å²) in [7, 11) is -2.24. The maximum Gasteiger partial charge on any atom is 0.242 e. The first-order chi connectivity index (χ1) is 9.04. The van der Waals surface area contributed by atoms with Crippen LogP contribution in [0.3, 0.4) is 0 Å². The Balaban J connectivity index is 2.23. The summed E-state index contributed by atoms with van der Waals surface area (Å²) >= 11 is 0. The number of hydrogen-bond acceptors (Lipinski definition) is 4. The van der Waals surface area contributed by atoms with Crippen LogP contribution in [-0.4, -0.2) is 34.0 Å². The van der Waals surface area contributed by atoms with Crippen molar-refractivity contribution in [2.75, 3.05) is 18.9 Å². The molecule has 1 aliphatic heterocycles. The van der Waals surface area contributed by atoms with Gasteiger partial charge in [-0.2, -0.15) is 0 Å². The summed E-state index contributed by atoms with van der Waals surface area (Å²) in [6.45, 7) is 0.814. The first kappa shape index (κ1) is 14.0. The molecule has 1 saturated heterocycles. The fourth-order valence-electron chi connectivity index (χ4n) is 2.04. The quantitative estimate of drug-likeness (QED) is 0.741. The van der Waals surface area contributed by atoms with Crippen LogP contribution in [0.25, 0.3) is 0 Å². The number of nitrogens with one attached hydrogen (secondary N) is 3. The van der Waals surface area contributed by atoms with E-state index in [0.29, 0.717) is 5.69 Å². The van der Waals surface area contributed by atoms with Gasteiger partial charge >= 0.3 is 0 Å². The van der Waals surface area contributed by atoms with E-state index in [1.807, 2.05) is 0 Å². The van der Waals surface area contributed by atoms with E-state index >= 15 is 0 Å². The Hall–Kier alpha value is -1.44. The van der Waals surface area contributed by atoms with Crippen LogP contribution >= 0.6 is 0 Å². The summed E-state index contributed by atoms with van der Waals surface area (Å²) < 4.78 is 25.9. The Morgan fingerprint density at radius 1 is 1.37 bits per heavy atom. The van der Waals surface area contributed by atoms with Crippen molar-refractivity contribution in [1.29, 1.82) is 0 Å². The van der Waals surface area contributed by atoms with Crippen molar-refractivity contribution in [3.05, 3.63) is 24.3 Å². The lowest BCUT2D eigenvalue weighted by Crippen LogP contribution is -2.36. The van der Waals surface area contributed by atoms with Gasteiger partial charge in [0.2, 0.25) is 15.9 Å². The second-order valence-corrected chi connectivity index (χ2v) is 6.20. The Morgan fingerprint density at radius 2 is 2.11 bits per heavy atom. The highest BCUT2D eigenvalue weighted by atomic mass is 32.2. The van der Waals surface area contributed by atoms with Crippen LogP contribution in [0, 0.1) is 0 Å². The van der Waals surface area contributed by atoms with E-state index < -0.39 is 10.0 Å². The fourth-order valence-corrected chi connectivity index (χ4v) is 2.93. The summed E-state index contributed by atoms with van der Waals surface area (Å²) in [5.41, 5.74) is 0.301. The van der Waals surface area contributed by atoms with Crippen LogP contribution in [0.1, 0.15) is 12.8 Å². The minimum atomic E-state index is -3.58. The summed E-state index contributed by atoms with van der Waals surface area (Å²) in [5, 5.41) is 5.74. The predicted octanol–water partition coefficient (Wildman–Crippen LogP) is 0.285. The molecule has 0 bridgehead atoms. The molecule has 1 aliphatic rings. The van der Waals surface area contributed by atoms with Crippen molar-refractivity contribution in [3.63, 3.8) is 0 Å². The zero-order valence-corrected chi connectivity index (χ0v) is 11.5. The fraction of sp³-hybridized carbons (Fsp3) is 0.417. The largest absolute Gasteiger partial charge is 0.324 e. The third-order valence-electron chi connectivity index (χ3n) is 3.08. The minimum absolute atomic E-state index is 0.0730. The summed E-state index contributed by atoms with van der Waals surface area (Å²) in [5.74, 6) is -0.198. The van der Waals surface area contributed by atoms with E-state index in [1.165, 1.54) is 13.1 Å². The summed E-state index contributed by atoms with van der Waals surface area (Å²) in [6.07, 6.45) is 1.72. The molecule has 1 aromatic carbocycles. The Bertz CT molecular complexity index is 565. The van der Waals surface area contributed by atoms with E-state index in [4.69, 9.17) is 0 Å². The topological polar surface area (TPSA) is 87.3 Å². The molecule has 0 saturated carbocycles. The molecule has 0 aliphatic carbocycles. The van der Waals surface area contributed by atoms with E-state index in [0.717, 1.165) is 19.4 Å². The lowest BCUT2D eigenvalue weighted by Gasteiger charge is -2.14. The molecule has 1 heterocycles. The number of hydrogen-bond donors (Lipinski definition) is 3. The Morgan fingerprint density at radius 3 is 2.74 bits per heavy atom. The third-order valence-corrected chi connectivity index (χ3v) is 4.55. The second-order valence-electron chi connectivity index (χ2n) is 4.34. The van der Waals surface area contributed by atoms with Crippen molar-refractivity contribution in [1.82, 2.24) is 10.0 Å². The number of benzene rings is 1. The third kappa shape index (κ3) is 3.12. The molecule has 0 radical (unpaired) electrons. The van der Waals surface area contributed by atoms with Crippen molar-refractivity contribution in [2.45, 2.75) is 23.8 Å². The van der Waals surface area contributed by atoms with Gasteiger partial charge in [0.1, 0.15) is 4.90 Å². The van der Waals surface area contributed by atoms with E-state index in [2.05, 4.69) is 15.4 Å². The van der Waals surface area contributed by atoms with Crippen LogP contribution < -0.4 is 15.4 Å². The highest BCUT2D eigenvalue weighted by Crippen LogP contribution is 2.21. The SMILES string of the molecule is CNS(=O)(=O)c1ccccc1NC(=O)C1CCCN1. The number of carbonyl (C=O) groups is 1. The average Bonchev–Trinajstić information content (AvgIpc) is 2.93. The van der Waals surface area contributed by atoms with Gasteiger partial charge in [-0.25, -0.2) is 13.1 Å². The molecule has 104 valence electrons. The Kier molecular flexibility index (Phi) is 4.18. The maximum absolute atomic E-state index is 12.0. The molecule has 0 aromatic heterocycles. The first-order valence-corrected chi connectivity index (χ1v) is 7.60. The molecule has 1 atom stereocenters. The molecule has 0 spiro atoms. The van der Waals surface area contributed by atoms with Gasteiger partial charge in [-0.1, -0.05) is 12.1 Å². The Labute approximate surface area is 112 Å². The van der Waals surface area contributed by atoms with Crippen LogP contribution in [0.15, 0.2) is 29.2 Å². The van der Waals surface area contributed by atoms with Gasteiger partial charge in [-0.3, -0.25) is 4.79 Å². The van der Waals surface area contributed by atoms with Gasteiger partial charge in [-0.05, 0) is 38.6 Å². The van der Waals surface area contributed by atoms with Gasteiger partial charge in [0.25, 0.3) is 0 Å². The standard InChI is InChI=1S/C12H17N3O3S/c1-13-19(17,18)11-7-3-2-5-9(11)15-12(16)10-6-4-8-14-10/h2-3,5,7,10,13-14H,4,6,8H2,1H3,(H,15,16). The molecule has 19 heavy (non-hydrogen) atoms. The zero-order valence-electron chi connectivity index (χ0n) is 10.6. The molecule has 7 heteroatoms. The lowest BCUT2D eigenvalue weighted by molar-refractivity contribution is -0.117. The van der Waals surface area contributed by atoms with Crippen molar-refractivity contribution < 1.29 is 13.2 Å². The molecule has 1 aromatic rings. The van der Waals surface area contributed by atoms with Crippen molar-refractivity contribution >= 4 is 21.6 Å². The van der Waals surface area contributed by atoms with Gasteiger partial charge in [0.05, 0.1) is 11.7 Å². The number of rotatable bonds is 4. The number of anilines is 1. The van der Waals surface area contributed by atoms with Gasteiger partial charge in [0.15, 0.2) is 0 Å². The molecule has 1 amide bonds. The van der Waals surface area contributed by atoms with Gasteiger partial charge in [-0.15, -0.1) is 0 Å². The highest BCUT2D eigenvalue weighted by Gasteiger charge is 2.24. The number of amides is 1. The number of sulfonamides is 1. The van der Waals surface area contributed by atoms with Crippen molar-refractivity contribution in [3.8, 4) is 0 Å². The average molecular weight is 283 g/mol. The molecule has 3 N–H and O–H groups in total. The van der Waals surface area contributed by atoms with Crippen LogP contribution in [0.4, 0.5) is 5.69 Å². The monoisotopic (exact) mass is 283 g/mol.